The van der Waals surface area contributed by atoms with Gasteiger partial charge in [-0.3, -0.25) is 4.79 Å². The third-order valence-corrected chi connectivity index (χ3v) is 2.92. The molecule has 0 aromatic heterocycles. The summed E-state index contributed by atoms with van der Waals surface area (Å²) in [5.74, 6) is -0.0769. The predicted molar refractivity (Wildman–Crippen MR) is 72.9 cm³/mol. The number of rotatable bonds is 6. The van der Waals surface area contributed by atoms with Crippen LogP contribution in [0.4, 0.5) is 4.79 Å². The molecule has 0 saturated heterocycles. The van der Waals surface area contributed by atoms with E-state index in [9.17, 15) is 9.59 Å². The quantitative estimate of drug-likeness (QED) is 0.820. The number of nitrogens with one attached hydrogen (secondary N) is 1. The summed E-state index contributed by atoms with van der Waals surface area (Å²) in [5, 5.41) is 2.78. The second-order valence-corrected chi connectivity index (χ2v) is 4.27. The summed E-state index contributed by atoms with van der Waals surface area (Å²) in [6, 6.07) is 8.97. The second-order valence-electron chi connectivity index (χ2n) is 3.71. The zero-order valence-electron chi connectivity index (χ0n) is 10.2. The fourth-order valence-corrected chi connectivity index (χ4v) is 1.89. The molecule has 1 aromatic carbocycles. The number of carbonyl (C=O) groups is 2. The highest BCUT2D eigenvalue weighted by molar-refractivity contribution is 9.09. The summed E-state index contributed by atoms with van der Waals surface area (Å²) in [4.78, 5) is 23.1. The molecule has 0 unspecified atom stereocenters. The zero-order chi connectivity index (χ0) is 13.4. The van der Waals surface area contributed by atoms with E-state index in [1.54, 1.807) is 6.92 Å². The van der Waals surface area contributed by atoms with Crippen LogP contribution in [-0.4, -0.2) is 29.9 Å². The van der Waals surface area contributed by atoms with Crippen molar-refractivity contribution in [2.24, 2.45) is 0 Å². The molecule has 1 amide bonds. The highest BCUT2D eigenvalue weighted by Gasteiger charge is 2.20. The van der Waals surface area contributed by atoms with E-state index in [1.165, 1.54) is 0 Å². The standard InChI is InChI=1S/C13H16BrNO3/c1-2-18-13(17)15-11(12(16)9-14)8-10-6-4-3-5-7-10/h3-7,11H,2,8-9H2,1H3,(H,15,17)/t11-/m0/s1. The molecule has 0 aliphatic rings. The number of carbonyl (C=O) groups excluding carboxylic acids is 2. The summed E-state index contributed by atoms with van der Waals surface area (Å²) >= 11 is 3.12. The lowest BCUT2D eigenvalue weighted by Gasteiger charge is -2.16. The number of benzene rings is 1. The molecule has 1 rings (SSSR count). The van der Waals surface area contributed by atoms with Crippen LogP contribution in [0.25, 0.3) is 0 Å². The van der Waals surface area contributed by atoms with E-state index in [2.05, 4.69) is 21.2 Å². The number of hydrogen-bond donors (Lipinski definition) is 1. The molecule has 0 heterocycles. The van der Waals surface area contributed by atoms with Crippen LogP contribution in [0, 0.1) is 0 Å². The van der Waals surface area contributed by atoms with Crippen molar-refractivity contribution in [3.63, 3.8) is 0 Å². The Kier molecular flexibility index (Phi) is 6.43. The summed E-state index contributed by atoms with van der Waals surface area (Å²) in [6.07, 6.45) is -0.0999. The molecule has 4 nitrogen and oxygen atoms in total. The first kappa shape index (κ1) is 14.7. The Hall–Kier alpha value is -1.36. The van der Waals surface area contributed by atoms with Crippen molar-refractivity contribution < 1.29 is 14.3 Å². The minimum Gasteiger partial charge on any atom is -0.450 e. The monoisotopic (exact) mass is 313 g/mol. The highest BCUT2D eigenvalue weighted by atomic mass is 79.9. The van der Waals surface area contributed by atoms with Gasteiger partial charge in [0, 0.05) is 0 Å². The Morgan fingerprint density at radius 1 is 1.33 bits per heavy atom. The van der Waals surface area contributed by atoms with Gasteiger partial charge in [0.25, 0.3) is 0 Å². The first-order valence-electron chi connectivity index (χ1n) is 5.73. The fraction of sp³-hybridized carbons (Fsp3) is 0.385. The third-order valence-electron chi connectivity index (χ3n) is 2.37. The van der Waals surface area contributed by atoms with Gasteiger partial charge >= 0.3 is 6.09 Å². The second kappa shape index (κ2) is 7.87. The van der Waals surface area contributed by atoms with Crippen LogP contribution >= 0.6 is 15.9 Å². The van der Waals surface area contributed by atoms with Crippen molar-refractivity contribution in [3.05, 3.63) is 35.9 Å². The maximum absolute atomic E-state index is 11.7. The number of halogens is 1. The van der Waals surface area contributed by atoms with Gasteiger partial charge in [0.2, 0.25) is 0 Å². The minimum atomic E-state index is -0.564. The van der Waals surface area contributed by atoms with Gasteiger partial charge in [-0.15, -0.1) is 0 Å². The van der Waals surface area contributed by atoms with E-state index in [0.717, 1.165) is 5.56 Å². The minimum absolute atomic E-state index is 0.0769. The molecule has 0 aliphatic carbocycles. The van der Waals surface area contributed by atoms with Crippen molar-refractivity contribution in [1.29, 1.82) is 0 Å². The van der Waals surface area contributed by atoms with Gasteiger partial charge in [0.15, 0.2) is 5.78 Å². The highest BCUT2D eigenvalue weighted by Crippen LogP contribution is 2.05. The van der Waals surface area contributed by atoms with Gasteiger partial charge < -0.3 is 10.1 Å². The lowest BCUT2D eigenvalue weighted by molar-refractivity contribution is -0.118. The molecule has 0 aliphatic heterocycles. The molecule has 0 bridgehead atoms. The number of hydrogen-bond acceptors (Lipinski definition) is 3. The molecule has 18 heavy (non-hydrogen) atoms. The molecule has 1 atom stereocenters. The normalized spacial score (nSPS) is 11.7. The van der Waals surface area contributed by atoms with Crippen LogP contribution in [0.15, 0.2) is 30.3 Å². The first-order chi connectivity index (χ1) is 8.67. The largest absolute Gasteiger partial charge is 0.450 e. The van der Waals surface area contributed by atoms with Gasteiger partial charge in [-0.05, 0) is 18.9 Å². The number of ether oxygens (including phenoxy) is 1. The molecule has 0 spiro atoms. The third kappa shape index (κ3) is 4.87. The lowest BCUT2D eigenvalue weighted by Crippen LogP contribution is -2.43. The van der Waals surface area contributed by atoms with Crippen LogP contribution in [0.5, 0.6) is 0 Å². The van der Waals surface area contributed by atoms with E-state index in [4.69, 9.17) is 4.74 Å². The van der Waals surface area contributed by atoms with Gasteiger partial charge in [-0.25, -0.2) is 4.79 Å². The van der Waals surface area contributed by atoms with E-state index in [1.807, 2.05) is 30.3 Å². The molecule has 98 valence electrons. The Morgan fingerprint density at radius 2 is 2.00 bits per heavy atom. The Labute approximate surface area is 115 Å². The summed E-state index contributed by atoms with van der Waals surface area (Å²) in [7, 11) is 0. The number of Topliss-reactive ketones (excluding diaryl/α,β-unsaturated/α-hetero) is 1. The zero-order valence-corrected chi connectivity index (χ0v) is 11.8. The summed E-state index contributed by atoms with van der Waals surface area (Å²) in [5.41, 5.74) is 0.994. The maximum Gasteiger partial charge on any atom is 0.407 e. The molecule has 1 aromatic rings. The summed E-state index contributed by atoms with van der Waals surface area (Å²) in [6.45, 7) is 2.00. The van der Waals surface area contributed by atoms with E-state index in [0.29, 0.717) is 6.42 Å². The SMILES string of the molecule is CCOC(=O)N[C@@H](Cc1ccccc1)C(=O)CBr. The molecule has 5 heteroatoms. The van der Waals surface area contributed by atoms with Crippen molar-refractivity contribution in [2.45, 2.75) is 19.4 Å². The number of alkyl halides is 1. The van der Waals surface area contributed by atoms with Crippen molar-refractivity contribution in [2.75, 3.05) is 11.9 Å². The predicted octanol–water partition coefficient (Wildman–Crippen LogP) is 2.31. The average Bonchev–Trinajstić information content (AvgIpc) is 2.38. The molecule has 0 fully saturated rings. The van der Waals surface area contributed by atoms with Crippen LogP contribution in [-0.2, 0) is 16.0 Å². The molecular weight excluding hydrogens is 298 g/mol. The lowest BCUT2D eigenvalue weighted by atomic mass is 10.0. The number of ketones is 1. The Bertz CT molecular complexity index is 394. The number of alkyl carbamates (subject to hydrolysis) is 1. The van der Waals surface area contributed by atoms with Crippen LogP contribution in [0.1, 0.15) is 12.5 Å². The van der Waals surface area contributed by atoms with Crippen molar-refractivity contribution in [1.82, 2.24) is 5.32 Å². The van der Waals surface area contributed by atoms with E-state index in [-0.39, 0.29) is 17.7 Å². The Morgan fingerprint density at radius 3 is 2.56 bits per heavy atom. The van der Waals surface area contributed by atoms with Crippen LogP contribution in [0.3, 0.4) is 0 Å². The Balaban J connectivity index is 2.67. The fourth-order valence-electron chi connectivity index (χ4n) is 1.50. The van der Waals surface area contributed by atoms with Gasteiger partial charge in [0.05, 0.1) is 18.0 Å². The van der Waals surface area contributed by atoms with Gasteiger partial charge in [-0.1, -0.05) is 46.3 Å². The maximum atomic E-state index is 11.7. The van der Waals surface area contributed by atoms with E-state index < -0.39 is 12.1 Å². The van der Waals surface area contributed by atoms with E-state index >= 15 is 0 Å². The van der Waals surface area contributed by atoms with Crippen LogP contribution in [0.2, 0.25) is 0 Å². The topological polar surface area (TPSA) is 55.4 Å². The van der Waals surface area contributed by atoms with Gasteiger partial charge in [-0.2, -0.15) is 0 Å². The smallest absolute Gasteiger partial charge is 0.407 e. The molecular formula is C13H16BrNO3. The molecule has 0 radical (unpaired) electrons. The van der Waals surface area contributed by atoms with Crippen molar-refractivity contribution in [3.8, 4) is 0 Å². The van der Waals surface area contributed by atoms with Crippen LogP contribution < -0.4 is 5.32 Å². The average molecular weight is 314 g/mol. The summed E-state index contributed by atoms with van der Waals surface area (Å²) < 4.78 is 4.79. The van der Waals surface area contributed by atoms with Gasteiger partial charge in [0.1, 0.15) is 0 Å². The molecule has 0 saturated carbocycles. The molecule has 1 N–H and O–H groups in total. The number of amides is 1. The first-order valence-corrected chi connectivity index (χ1v) is 6.85. The van der Waals surface area contributed by atoms with Crippen molar-refractivity contribution >= 4 is 27.8 Å².